The van der Waals surface area contributed by atoms with E-state index in [0.29, 0.717) is 36.3 Å². The second-order valence-electron chi connectivity index (χ2n) is 10.5. The molecule has 0 aliphatic carbocycles. The summed E-state index contributed by atoms with van der Waals surface area (Å²) in [7, 11) is 2.16. The van der Waals surface area contributed by atoms with Crippen molar-refractivity contribution in [3.63, 3.8) is 0 Å². The molecular weight excluding hydrogens is 517 g/mol. The molecule has 2 unspecified atom stereocenters. The van der Waals surface area contributed by atoms with Crippen molar-refractivity contribution in [2.45, 2.75) is 25.3 Å². The van der Waals surface area contributed by atoms with Crippen LogP contribution in [0.1, 0.15) is 35.7 Å². The average Bonchev–Trinajstić information content (AvgIpc) is 3.31. The number of benzene rings is 3. The number of halogens is 2. The van der Waals surface area contributed by atoms with E-state index in [9.17, 15) is 9.18 Å². The quantitative estimate of drug-likeness (QED) is 0.297. The van der Waals surface area contributed by atoms with Crippen LogP contribution in [0.25, 0.3) is 10.9 Å². The summed E-state index contributed by atoms with van der Waals surface area (Å²) in [5, 5.41) is 1.73. The smallest absolute Gasteiger partial charge is 0.416 e. The van der Waals surface area contributed by atoms with Gasteiger partial charge in [0, 0.05) is 40.6 Å². The van der Waals surface area contributed by atoms with Gasteiger partial charge in [-0.3, -0.25) is 4.90 Å². The fourth-order valence-corrected chi connectivity index (χ4v) is 6.01. The molecule has 2 aliphatic heterocycles. The second kappa shape index (κ2) is 10.9. The zero-order chi connectivity index (χ0) is 26.9. The van der Waals surface area contributed by atoms with Crippen molar-refractivity contribution in [3.05, 3.63) is 94.4 Å². The third kappa shape index (κ3) is 5.47. The fraction of sp³-hybridized carbons (Fsp3) is 0.323. The second-order valence-corrected chi connectivity index (χ2v) is 11.0. The average molecular weight is 548 g/mol. The van der Waals surface area contributed by atoms with Crippen LogP contribution < -0.4 is 9.47 Å². The first kappa shape index (κ1) is 25.7. The van der Waals surface area contributed by atoms with Crippen LogP contribution in [0.5, 0.6) is 11.5 Å². The van der Waals surface area contributed by atoms with Gasteiger partial charge in [0.2, 0.25) is 0 Å². The van der Waals surface area contributed by atoms with Crippen molar-refractivity contribution >= 4 is 28.6 Å². The van der Waals surface area contributed by atoms with Gasteiger partial charge >= 0.3 is 6.09 Å². The molecule has 1 N–H and O–H groups in total. The van der Waals surface area contributed by atoms with Crippen LogP contribution in [0, 0.1) is 11.7 Å². The highest BCUT2D eigenvalue weighted by molar-refractivity contribution is 6.31. The summed E-state index contributed by atoms with van der Waals surface area (Å²) >= 11 is 6.32. The summed E-state index contributed by atoms with van der Waals surface area (Å²) in [5.41, 5.74) is 3.99. The maximum atomic E-state index is 13.4. The Morgan fingerprint density at radius 3 is 2.59 bits per heavy atom. The van der Waals surface area contributed by atoms with Gasteiger partial charge in [0.25, 0.3) is 0 Å². The maximum Gasteiger partial charge on any atom is 0.416 e. The van der Waals surface area contributed by atoms with Crippen LogP contribution in [-0.4, -0.2) is 54.2 Å². The Labute approximate surface area is 232 Å². The standard InChI is InChI=1S/C31H31ClFN3O3/c1-35-15-2-3-20(18-35)19-38-24-9-4-21(5-10-24)30-29-26(27-17-22(32)6-13-28(27)34-29)14-16-36(30)31(37)39-25-11-7-23(33)8-12-25/h4-13,17,20,30,34H,2-3,14-16,18-19H2,1H3. The summed E-state index contributed by atoms with van der Waals surface area (Å²) in [6.07, 6.45) is 2.55. The number of fused-ring (bicyclic) bond motifs is 3. The lowest BCUT2D eigenvalue weighted by Gasteiger charge is -2.35. The summed E-state index contributed by atoms with van der Waals surface area (Å²) in [4.78, 5) is 21.0. The maximum absolute atomic E-state index is 13.4. The molecule has 1 fully saturated rings. The number of hydrogen-bond donors (Lipinski definition) is 1. The SMILES string of the molecule is CN1CCCC(COc2ccc(C3c4[nH]c5ccc(Cl)cc5c4CCN3C(=O)Oc3ccc(F)cc3)cc2)C1. The predicted octanol–water partition coefficient (Wildman–Crippen LogP) is 6.83. The monoisotopic (exact) mass is 547 g/mol. The van der Waals surface area contributed by atoms with Gasteiger partial charge in [0.1, 0.15) is 23.4 Å². The molecular formula is C31H31ClFN3O3. The molecule has 0 saturated carbocycles. The van der Waals surface area contributed by atoms with Crippen LogP contribution in [0.3, 0.4) is 0 Å². The van der Waals surface area contributed by atoms with E-state index < -0.39 is 12.1 Å². The predicted molar refractivity (Wildman–Crippen MR) is 150 cm³/mol. The molecule has 1 saturated heterocycles. The Kier molecular flexibility index (Phi) is 7.19. The number of rotatable bonds is 5. The minimum atomic E-state index is -0.490. The number of nitrogens with one attached hydrogen (secondary N) is 1. The van der Waals surface area contributed by atoms with E-state index in [1.807, 2.05) is 42.5 Å². The Morgan fingerprint density at radius 2 is 1.82 bits per heavy atom. The first-order valence-electron chi connectivity index (χ1n) is 13.4. The Balaban J connectivity index is 1.29. The molecule has 3 heterocycles. The fourth-order valence-electron chi connectivity index (χ4n) is 5.84. The van der Waals surface area contributed by atoms with Crippen LogP contribution in [0.15, 0.2) is 66.7 Å². The summed E-state index contributed by atoms with van der Waals surface area (Å²) in [6, 6.07) is 18.8. The number of likely N-dealkylation sites (tertiary alicyclic amines) is 1. The van der Waals surface area contributed by atoms with Crippen molar-refractivity contribution < 1.29 is 18.7 Å². The van der Waals surface area contributed by atoms with Gasteiger partial charge in [-0.25, -0.2) is 9.18 Å². The molecule has 0 bridgehead atoms. The highest BCUT2D eigenvalue weighted by Gasteiger charge is 2.36. The number of aromatic amines is 1. The van der Waals surface area contributed by atoms with Gasteiger partial charge in [-0.1, -0.05) is 23.7 Å². The van der Waals surface area contributed by atoms with Gasteiger partial charge in [0.15, 0.2) is 0 Å². The van der Waals surface area contributed by atoms with Crippen molar-refractivity contribution in [2.75, 3.05) is 33.3 Å². The molecule has 3 aromatic carbocycles. The third-order valence-corrected chi connectivity index (χ3v) is 7.98. The van der Waals surface area contributed by atoms with Gasteiger partial charge < -0.3 is 19.4 Å². The lowest BCUT2D eigenvalue weighted by molar-refractivity contribution is 0.135. The molecule has 0 radical (unpaired) electrons. The van der Waals surface area contributed by atoms with Crippen LogP contribution in [0.4, 0.5) is 9.18 Å². The highest BCUT2D eigenvalue weighted by Crippen LogP contribution is 2.40. The van der Waals surface area contributed by atoms with Crippen LogP contribution in [-0.2, 0) is 6.42 Å². The van der Waals surface area contributed by atoms with E-state index in [0.717, 1.165) is 46.6 Å². The summed E-state index contributed by atoms with van der Waals surface area (Å²) in [5.74, 6) is 1.25. The van der Waals surface area contributed by atoms with Crippen molar-refractivity contribution in [1.82, 2.24) is 14.8 Å². The molecule has 1 amide bonds. The first-order valence-corrected chi connectivity index (χ1v) is 13.8. The number of H-pyrrole nitrogens is 1. The molecule has 202 valence electrons. The molecule has 2 aliphatic rings. The Bertz CT molecular complexity index is 1470. The van der Waals surface area contributed by atoms with E-state index in [1.165, 1.54) is 37.1 Å². The van der Waals surface area contributed by atoms with Crippen LogP contribution >= 0.6 is 11.6 Å². The number of nitrogens with zero attached hydrogens (tertiary/aromatic N) is 2. The molecule has 0 spiro atoms. The number of aromatic nitrogens is 1. The number of carbonyl (C=O) groups excluding carboxylic acids is 1. The lowest BCUT2D eigenvalue weighted by Crippen LogP contribution is -2.42. The Hall–Kier alpha value is -3.55. The molecule has 1 aromatic heterocycles. The van der Waals surface area contributed by atoms with E-state index >= 15 is 0 Å². The molecule has 6 rings (SSSR count). The normalized spacial score (nSPS) is 19.6. The van der Waals surface area contributed by atoms with E-state index in [1.54, 1.807) is 4.90 Å². The largest absolute Gasteiger partial charge is 0.493 e. The molecule has 8 heteroatoms. The number of hydrogen-bond acceptors (Lipinski definition) is 4. The third-order valence-electron chi connectivity index (χ3n) is 7.75. The van der Waals surface area contributed by atoms with Gasteiger partial charge in [-0.05, 0) is 98.6 Å². The van der Waals surface area contributed by atoms with Crippen molar-refractivity contribution in [1.29, 1.82) is 0 Å². The van der Waals surface area contributed by atoms with Gasteiger partial charge in [-0.2, -0.15) is 0 Å². The molecule has 6 nitrogen and oxygen atoms in total. The van der Waals surface area contributed by atoms with Crippen LogP contribution in [0.2, 0.25) is 5.02 Å². The van der Waals surface area contributed by atoms with E-state index in [-0.39, 0.29) is 5.82 Å². The number of carbonyl (C=O) groups is 1. The summed E-state index contributed by atoms with van der Waals surface area (Å²) < 4.78 is 25.2. The van der Waals surface area contributed by atoms with Gasteiger partial charge in [0.05, 0.1) is 6.61 Å². The number of piperidine rings is 1. The van der Waals surface area contributed by atoms with E-state index in [4.69, 9.17) is 21.1 Å². The minimum absolute atomic E-state index is 0.298. The molecule has 2 atom stereocenters. The number of ether oxygens (including phenoxy) is 2. The van der Waals surface area contributed by atoms with E-state index in [2.05, 4.69) is 16.9 Å². The topological polar surface area (TPSA) is 57.8 Å². The van der Waals surface area contributed by atoms with Crippen molar-refractivity contribution in [2.24, 2.45) is 5.92 Å². The van der Waals surface area contributed by atoms with Crippen molar-refractivity contribution in [3.8, 4) is 11.5 Å². The zero-order valence-corrected chi connectivity index (χ0v) is 22.6. The Morgan fingerprint density at radius 1 is 1.05 bits per heavy atom. The minimum Gasteiger partial charge on any atom is -0.493 e. The molecule has 39 heavy (non-hydrogen) atoms. The lowest BCUT2D eigenvalue weighted by atomic mass is 9.92. The highest BCUT2D eigenvalue weighted by atomic mass is 35.5. The molecule has 4 aromatic rings. The first-order chi connectivity index (χ1) is 18.9. The number of amides is 1. The summed E-state index contributed by atoms with van der Waals surface area (Å²) in [6.45, 7) is 3.36. The van der Waals surface area contributed by atoms with Gasteiger partial charge in [-0.15, -0.1) is 0 Å². The zero-order valence-electron chi connectivity index (χ0n) is 21.8.